The van der Waals surface area contributed by atoms with Crippen LogP contribution in [-0.4, -0.2) is 41.1 Å². The number of esters is 2. The lowest BCUT2D eigenvalue weighted by molar-refractivity contribution is -0.159. The lowest BCUT2D eigenvalue weighted by Crippen LogP contribution is -2.50. The van der Waals surface area contributed by atoms with E-state index in [9.17, 15) is 14.4 Å². The molecule has 0 aliphatic rings. The number of amides is 1. The molecule has 1 amide bonds. The Morgan fingerprint density at radius 1 is 0.962 bits per heavy atom. The number of rotatable bonds is 8. The number of ether oxygens (including phenoxy) is 2. The molecule has 0 rings (SSSR count). The van der Waals surface area contributed by atoms with Crippen molar-refractivity contribution in [3.63, 3.8) is 0 Å². The number of carbonyl (C=O) groups is 3. The second-order valence-corrected chi connectivity index (χ2v) is 8.96. The number of nitrogens with one attached hydrogen (secondary N) is 1. The number of carbonyl (C=O) groups excluding carboxylic acids is 3. The van der Waals surface area contributed by atoms with Gasteiger partial charge in [0, 0.05) is 6.42 Å². The summed E-state index contributed by atoms with van der Waals surface area (Å²) in [5.74, 6) is -1.19. The topological polar surface area (TPSA) is 108 Å². The van der Waals surface area contributed by atoms with Crippen molar-refractivity contribution in [3.8, 4) is 0 Å². The Morgan fingerprint density at radius 3 is 1.88 bits per heavy atom. The van der Waals surface area contributed by atoms with Crippen LogP contribution in [0.2, 0.25) is 0 Å². The predicted molar refractivity (Wildman–Crippen MR) is 100 cm³/mol. The predicted octanol–water partition coefficient (Wildman–Crippen LogP) is 2.31. The molecule has 0 saturated heterocycles. The molecule has 152 valence electrons. The lowest BCUT2D eigenvalue weighted by atomic mass is 10.0. The minimum Gasteiger partial charge on any atom is -0.460 e. The first-order chi connectivity index (χ1) is 11.6. The molecule has 0 bridgehead atoms. The third-order valence-electron chi connectivity index (χ3n) is 3.13. The minimum absolute atomic E-state index is 0.0349. The lowest BCUT2D eigenvalue weighted by Gasteiger charge is -2.26. The van der Waals surface area contributed by atoms with Crippen LogP contribution in [0.25, 0.3) is 0 Å². The summed E-state index contributed by atoms with van der Waals surface area (Å²) in [5, 5.41) is 2.65. The van der Waals surface area contributed by atoms with Gasteiger partial charge in [-0.05, 0) is 60.3 Å². The van der Waals surface area contributed by atoms with Gasteiger partial charge in [-0.2, -0.15) is 0 Å². The highest BCUT2D eigenvalue weighted by atomic mass is 16.6. The van der Waals surface area contributed by atoms with E-state index in [0.29, 0.717) is 6.42 Å². The van der Waals surface area contributed by atoms with Crippen LogP contribution in [0.3, 0.4) is 0 Å². The summed E-state index contributed by atoms with van der Waals surface area (Å²) in [7, 11) is 0. The molecule has 0 aliphatic carbocycles. The van der Waals surface area contributed by atoms with Crippen molar-refractivity contribution < 1.29 is 23.9 Å². The molecule has 3 N–H and O–H groups in total. The summed E-state index contributed by atoms with van der Waals surface area (Å²) < 4.78 is 10.6. The van der Waals surface area contributed by atoms with Crippen molar-refractivity contribution in [2.24, 2.45) is 11.7 Å². The van der Waals surface area contributed by atoms with Crippen LogP contribution in [0, 0.1) is 5.92 Å². The van der Waals surface area contributed by atoms with Crippen molar-refractivity contribution >= 4 is 17.8 Å². The first-order valence-corrected chi connectivity index (χ1v) is 9.11. The Labute approximate surface area is 157 Å². The van der Waals surface area contributed by atoms with Gasteiger partial charge in [-0.15, -0.1) is 0 Å². The normalized spacial score (nSPS) is 14.5. The van der Waals surface area contributed by atoms with E-state index in [-0.39, 0.29) is 18.8 Å². The fraction of sp³-hybridized carbons (Fsp3) is 0.842. The zero-order valence-corrected chi connectivity index (χ0v) is 17.5. The second-order valence-electron chi connectivity index (χ2n) is 8.96. The fourth-order valence-electron chi connectivity index (χ4n) is 2.13. The van der Waals surface area contributed by atoms with E-state index in [0.717, 1.165) is 0 Å². The van der Waals surface area contributed by atoms with Gasteiger partial charge < -0.3 is 20.5 Å². The van der Waals surface area contributed by atoms with Crippen LogP contribution in [0.5, 0.6) is 0 Å². The van der Waals surface area contributed by atoms with E-state index in [1.165, 1.54) is 0 Å². The van der Waals surface area contributed by atoms with Gasteiger partial charge in [0.2, 0.25) is 5.91 Å². The molecule has 0 fully saturated rings. The van der Waals surface area contributed by atoms with Crippen LogP contribution in [0.1, 0.15) is 74.7 Å². The second kappa shape index (κ2) is 9.90. The van der Waals surface area contributed by atoms with Crippen LogP contribution >= 0.6 is 0 Å². The molecule has 0 radical (unpaired) electrons. The Morgan fingerprint density at radius 2 is 1.46 bits per heavy atom. The monoisotopic (exact) mass is 372 g/mol. The van der Waals surface area contributed by atoms with Gasteiger partial charge in [0.15, 0.2) is 0 Å². The van der Waals surface area contributed by atoms with Gasteiger partial charge in [0.05, 0.1) is 6.04 Å². The molecule has 26 heavy (non-hydrogen) atoms. The summed E-state index contributed by atoms with van der Waals surface area (Å²) in [5.41, 5.74) is 4.64. The number of hydrogen-bond acceptors (Lipinski definition) is 6. The zero-order chi connectivity index (χ0) is 20.7. The van der Waals surface area contributed by atoms with Crippen molar-refractivity contribution in [1.29, 1.82) is 0 Å². The van der Waals surface area contributed by atoms with Crippen LogP contribution in [0.4, 0.5) is 0 Å². The largest absolute Gasteiger partial charge is 0.460 e. The summed E-state index contributed by atoms with van der Waals surface area (Å²) in [6, 6.07) is -1.67. The number of nitrogens with two attached hydrogens (primary N) is 1. The molecule has 0 unspecified atom stereocenters. The van der Waals surface area contributed by atoms with Gasteiger partial charge in [-0.25, -0.2) is 4.79 Å². The molecule has 2 atom stereocenters. The summed E-state index contributed by atoms with van der Waals surface area (Å²) in [6.07, 6.45) is 0.621. The Bertz CT molecular complexity index is 489. The maximum atomic E-state index is 12.3. The molecule has 0 aromatic rings. The third-order valence-corrected chi connectivity index (χ3v) is 3.13. The summed E-state index contributed by atoms with van der Waals surface area (Å²) in [4.78, 5) is 36.4. The van der Waals surface area contributed by atoms with Gasteiger partial charge in [-0.3, -0.25) is 9.59 Å². The highest BCUT2D eigenvalue weighted by Crippen LogP contribution is 2.14. The van der Waals surface area contributed by atoms with Crippen LogP contribution in [0.15, 0.2) is 0 Å². The first-order valence-electron chi connectivity index (χ1n) is 9.11. The van der Waals surface area contributed by atoms with E-state index < -0.39 is 41.1 Å². The summed E-state index contributed by atoms with van der Waals surface area (Å²) >= 11 is 0. The Kier molecular flexibility index (Phi) is 9.28. The number of hydrogen-bond donors (Lipinski definition) is 2. The quantitative estimate of drug-likeness (QED) is 0.633. The SMILES string of the molecule is CC(C)C[C@H](NC(=O)[C@@H](N)CCC(=O)OC(C)(C)C)C(=O)OC(C)(C)C. The van der Waals surface area contributed by atoms with E-state index in [4.69, 9.17) is 15.2 Å². The van der Waals surface area contributed by atoms with Crippen molar-refractivity contribution in [1.82, 2.24) is 5.32 Å². The van der Waals surface area contributed by atoms with Gasteiger partial charge in [0.25, 0.3) is 0 Å². The standard InChI is InChI=1S/C19H36N2O5/c1-12(2)11-14(17(24)26-19(6,7)8)21-16(23)13(20)9-10-15(22)25-18(3,4)5/h12-14H,9-11,20H2,1-8H3,(H,21,23)/t13-,14-/m0/s1. The average molecular weight is 373 g/mol. The third kappa shape index (κ3) is 11.8. The molecular formula is C19H36N2O5. The zero-order valence-electron chi connectivity index (χ0n) is 17.5. The molecule has 0 saturated carbocycles. The molecule has 0 spiro atoms. The maximum absolute atomic E-state index is 12.3. The highest BCUT2D eigenvalue weighted by Gasteiger charge is 2.29. The van der Waals surface area contributed by atoms with E-state index in [1.807, 2.05) is 13.8 Å². The highest BCUT2D eigenvalue weighted by molar-refractivity contribution is 5.87. The van der Waals surface area contributed by atoms with E-state index in [2.05, 4.69) is 5.32 Å². The van der Waals surface area contributed by atoms with Crippen LogP contribution in [-0.2, 0) is 23.9 Å². The Hall–Kier alpha value is -1.63. The molecular weight excluding hydrogens is 336 g/mol. The smallest absolute Gasteiger partial charge is 0.329 e. The van der Waals surface area contributed by atoms with Crippen LogP contribution < -0.4 is 11.1 Å². The van der Waals surface area contributed by atoms with Crippen molar-refractivity contribution in [2.75, 3.05) is 0 Å². The molecule has 0 heterocycles. The van der Waals surface area contributed by atoms with Gasteiger partial charge in [-0.1, -0.05) is 13.8 Å². The van der Waals surface area contributed by atoms with Crippen molar-refractivity contribution in [3.05, 3.63) is 0 Å². The maximum Gasteiger partial charge on any atom is 0.329 e. The minimum atomic E-state index is -0.903. The molecule has 7 nitrogen and oxygen atoms in total. The van der Waals surface area contributed by atoms with Gasteiger partial charge >= 0.3 is 11.9 Å². The van der Waals surface area contributed by atoms with E-state index >= 15 is 0 Å². The first kappa shape index (κ1) is 24.4. The fourth-order valence-corrected chi connectivity index (χ4v) is 2.13. The van der Waals surface area contributed by atoms with Crippen molar-refractivity contribution in [2.45, 2.75) is 97.9 Å². The molecule has 0 aromatic carbocycles. The van der Waals surface area contributed by atoms with Gasteiger partial charge in [0.1, 0.15) is 17.2 Å². The van der Waals surface area contributed by atoms with E-state index in [1.54, 1.807) is 41.5 Å². The average Bonchev–Trinajstić information content (AvgIpc) is 2.39. The molecule has 0 aromatic heterocycles. The summed E-state index contributed by atoms with van der Waals surface area (Å²) in [6.45, 7) is 14.5. The Balaban J connectivity index is 4.72. The molecule has 7 heteroatoms. The molecule has 0 aliphatic heterocycles.